The second-order valence-corrected chi connectivity index (χ2v) is 6.90. The first-order valence-corrected chi connectivity index (χ1v) is 8.55. The highest BCUT2D eigenvalue weighted by atomic mass is 32.2. The van der Waals surface area contributed by atoms with Crippen LogP contribution in [0.15, 0.2) is 24.3 Å². The van der Waals surface area contributed by atoms with Crippen molar-refractivity contribution in [1.82, 2.24) is 0 Å². The zero-order valence-electron chi connectivity index (χ0n) is 11.9. The average Bonchev–Trinajstić information content (AvgIpc) is 2.48. The molecule has 0 saturated carbocycles. The summed E-state index contributed by atoms with van der Waals surface area (Å²) in [5, 5.41) is 9.23. The van der Waals surface area contributed by atoms with Gasteiger partial charge in [0, 0.05) is 12.8 Å². The predicted octanol–water partition coefficient (Wildman–Crippen LogP) is 3.21. The van der Waals surface area contributed by atoms with Gasteiger partial charge in [-0.25, -0.2) is 4.79 Å². The smallest absolute Gasteiger partial charge is 0.339 e. The molecule has 2 fully saturated rings. The lowest BCUT2D eigenvalue weighted by Gasteiger charge is -2.43. The fourth-order valence-corrected chi connectivity index (χ4v) is 4.34. The maximum atomic E-state index is 11.3. The highest BCUT2D eigenvalue weighted by Crippen LogP contribution is 2.38. The number of carbonyl (C=O) groups is 1. The van der Waals surface area contributed by atoms with Gasteiger partial charge in [-0.05, 0) is 36.5 Å². The van der Waals surface area contributed by atoms with E-state index in [0.717, 1.165) is 37.2 Å². The second-order valence-electron chi connectivity index (χ2n) is 5.68. The molecule has 3 rings (SSSR count). The summed E-state index contributed by atoms with van der Waals surface area (Å²) in [6.45, 7) is 0.699. The molecule has 0 bridgehead atoms. The number of ether oxygens (including phenoxy) is 2. The quantitative estimate of drug-likeness (QED) is 0.929. The molecular formula is C16H20O4S. The molecule has 2 heterocycles. The molecule has 1 spiro atoms. The van der Waals surface area contributed by atoms with Crippen LogP contribution >= 0.6 is 11.8 Å². The summed E-state index contributed by atoms with van der Waals surface area (Å²) in [5.74, 6) is 1.80. The monoisotopic (exact) mass is 308 g/mol. The number of carboxylic acid groups (broad SMARTS) is 1. The molecule has 0 amide bonds. The van der Waals surface area contributed by atoms with Crippen LogP contribution in [0.25, 0.3) is 0 Å². The van der Waals surface area contributed by atoms with Crippen molar-refractivity contribution < 1.29 is 19.4 Å². The van der Waals surface area contributed by atoms with Crippen LogP contribution < -0.4 is 4.74 Å². The summed E-state index contributed by atoms with van der Waals surface area (Å²) >= 11 is 1.98. The van der Waals surface area contributed by atoms with E-state index in [4.69, 9.17) is 9.47 Å². The Morgan fingerprint density at radius 3 is 2.86 bits per heavy atom. The first-order chi connectivity index (χ1) is 10.2. The van der Waals surface area contributed by atoms with E-state index in [-0.39, 0.29) is 17.3 Å². The van der Waals surface area contributed by atoms with E-state index in [0.29, 0.717) is 12.4 Å². The molecular weight excluding hydrogens is 288 g/mol. The van der Waals surface area contributed by atoms with Gasteiger partial charge in [0.1, 0.15) is 17.4 Å². The third-order valence-corrected chi connectivity index (χ3v) is 5.25. The predicted molar refractivity (Wildman–Crippen MR) is 82.3 cm³/mol. The minimum Gasteiger partial charge on any atom is -0.489 e. The molecule has 2 saturated heterocycles. The van der Waals surface area contributed by atoms with Crippen LogP contribution in [0.2, 0.25) is 0 Å². The summed E-state index contributed by atoms with van der Waals surface area (Å²) in [4.78, 5) is 11.3. The summed E-state index contributed by atoms with van der Waals surface area (Å²) in [7, 11) is 0. The van der Waals surface area contributed by atoms with Crippen LogP contribution in [-0.4, -0.2) is 40.9 Å². The number of para-hydroxylation sites is 1. The lowest BCUT2D eigenvalue weighted by molar-refractivity contribution is -0.116. The number of rotatable bonds is 3. The molecule has 5 heteroatoms. The molecule has 21 heavy (non-hydrogen) atoms. The van der Waals surface area contributed by atoms with Gasteiger partial charge in [-0.1, -0.05) is 12.1 Å². The first kappa shape index (κ1) is 14.7. The molecule has 4 nitrogen and oxygen atoms in total. The van der Waals surface area contributed by atoms with Gasteiger partial charge in [0.15, 0.2) is 0 Å². The van der Waals surface area contributed by atoms with Crippen LogP contribution in [0, 0.1) is 0 Å². The molecule has 0 aromatic heterocycles. The molecule has 1 atom stereocenters. The van der Waals surface area contributed by atoms with Crippen LogP contribution in [0.4, 0.5) is 0 Å². The van der Waals surface area contributed by atoms with E-state index in [9.17, 15) is 9.90 Å². The van der Waals surface area contributed by atoms with Crippen molar-refractivity contribution in [1.29, 1.82) is 0 Å². The van der Waals surface area contributed by atoms with Gasteiger partial charge in [-0.15, -0.1) is 0 Å². The maximum Gasteiger partial charge on any atom is 0.339 e. The summed E-state index contributed by atoms with van der Waals surface area (Å²) in [6, 6.07) is 6.86. The van der Waals surface area contributed by atoms with Crippen LogP contribution in [0.3, 0.4) is 0 Å². The van der Waals surface area contributed by atoms with Crippen molar-refractivity contribution in [2.24, 2.45) is 0 Å². The minimum atomic E-state index is -0.943. The minimum absolute atomic E-state index is 0.0438. The summed E-state index contributed by atoms with van der Waals surface area (Å²) in [5.41, 5.74) is 0.184. The normalized spacial score (nSPS) is 24.7. The van der Waals surface area contributed by atoms with E-state index in [1.807, 2.05) is 17.8 Å². The Bertz CT molecular complexity index is 505. The maximum absolute atomic E-state index is 11.3. The summed E-state index contributed by atoms with van der Waals surface area (Å²) < 4.78 is 12.1. The van der Waals surface area contributed by atoms with E-state index in [1.54, 1.807) is 18.2 Å². The number of aromatic carboxylic acids is 1. The lowest BCUT2D eigenvalue weighted by atomic mass is 9.86. The standard InChI is InChI=1S/C16H20O4S/c17-15(18)13-3-1-2-4-14(13)20-12-5-8-19-16(11-12)6-9-21-10-7-16/h1-4,12H,5-11H2,(H,17,18). The van der Waals surface area contributed by atoms with Gasteiger partial charge < -0.3 is 14.6 Å². The topological polar surface area (TPSA) is 55.8 Å². The van der Waals surface area contributed by atoms with Crippen LogP contribution in [-0.2, 0) is 4.74 Å². The van der Waals surface area contributed by atoms with E-state index < -0.39 is 5.97 Å². The fraction of sp³-hybridized carbons (Fsp3) is 0.562. The Morgan fingerprint density at radius 1 is 1.33 bits per heavy atom. The Hall–Kier alpha value is -1.20. The van der Waals surface area contributed by atoms with Crippen LogP contribution in [0.1, 0.15) is 36.0 Å². The lowest BCUT2D eigenvalue weighted by Crippen LogP contribution is -2.46. The average molecular weight is 308 g/mol. The SMILES string of the molecule is O=C(O)c1ccccc1OC1CCOC2(CCSCC2)C1. The van der Waals surface area contributed by atoms with Crippen molar-refractivity contribution in [2.75, 3.05) is 18.1 Å². The molecule has 0 aliphatic carbocycles. The van der Waals surface area contributed by atoms with Gasteiger partial charge >= 0.3 is 5.97 Å². The molecule has 2 aliphatic rings. The first-order valence-electron chi connectivity index (χ1n) is 7.39. The Morgan fingerprint density at radius 2 is 2.10 bits per heavy atom. The molecule has 1 aromatic rings. The van der Waals surface area contributed by atoms with Gasteiger partial charge in [-0.2, -0.15) is 11.8 Å². The number of thioether (sulfide) groups is 1. The zero-order valence-corrected chi connectivity index (χ0v) is 12.7. The van der Waals surface area contributed by atoms with Crippen LogP contribution in [0.5, 0.6) is 5.75 Å². The summed E-state index contributed by atoms with van der Waals surface area (Å²) in [6.07, 6.45) is 3.86. The molecule has 1 N–H and O–H groups in total. The van der Waals surface area contributed by atoms with Crippen molar-refractivity contribution in [3.63, 3.8) is 0 Å². The number of carboxylic acids is 1. The van der Waals surface area contributed by atoms with E-state index in [2.05, 4.69) is 0 Å². The molecule has 114 valence electrons. The highest BCUT2D eigenvalue weighted by molar-refractivity contribution is 7.99. The van der Waals surface area contributed by atoms with Gasteiger partial charge in [0.25, 0.3) is 0 Å². The largest absolute Gasteiger partial charge is 0.489 e. The number of benzene rings is 1. The van der Waals surface area contributed by atoms with Gasteiger partial charge in [0.2, 0.25) is 0 Å². The van der Waals surface area contributed by atoms with E-state index in [1.165, 1.54) is 0 Å². The van der Waals surface area contributed by atoms with Crippen molar-refractivity contribution in [3.05, 3.63) is 29.8 Å². The number of hydrogen-bond donors (Lipinski definition) is 1. The third kappa shape index (κ3) is 3.35. The molecule has 1 aromatic carbocycles. The molecule has 1 unspecified atom stereocenters. The van der Waals surface area contributed by atoms with Crippen molar-refractivity contribution in [2.45, 2.75) is 37.4 Å². The molecule has 0 radical (unpaired) electrons. The van der Waals surface area contributed by atoms with Crippen molar-refractivity contribution in [3.8, 4) is 5.75 Å². The zero-order chi connectivity index (χ0) is 14.7. The second kappa shape index (κ2) is 6.28. The number of hydrogen-bond acceptors (Lipinski definition) is 4. The Kier molecular flexibility index (Phi) is 4.40. The highest BCUT2D eigenvalue weighted by Gasteiger charge is 2.39. The van der Waals surface area contributed by atoms with Gasteiger partial charge in [0.05, 0.1) is 12.2 Å². The molecule has 2 aliphatic heterocycles. The Balaban J connectivity index is 1.71. The van der Waals surface area contributed by atoms with Crippen molar-refractivity contribution >= 4 is 17.7 Å². The third-order valence-electron chi connectivity index (χ3n) is 4.26. The fourth-order valence-electron chi connectivity index (χ4n) is 3.10. The Labute approximate surface area is 128 Å². The van der Waals surface area contributed by atoms with E-state index >= 15 is 0 Å². The van der Waals surface area contributed by atoms with Gasteiger partial charge in [-0.3, -0.25) is 0 Å².